The highest BCUT2D eigenvalue weighted by atomic mass is 35.5. The first kappa shape index (κ1) is 37.0. The first-order chi connectivity index (χ1) is 25.8. The summed E-state index contributed by atoms with van der Waals surface area (Å²) < 4.78 is 5.91. The molecule has 1 unspecified atom stereocenters. The lowest BCUT2D eigenvalue weighted by molar-refractivity contribution is -0.116. The number of rotatable bonds is 13. The molecule has 264 valence electrons. The number of anilines is 2. The van der Waals surface area contributed by atoms with E-state index < -0.39 is 17.1 Å². The second-order valence-electron chi connectivity index (χ2n) is 11.8. The summed E-state index contributed by atoms with van der Waals surface area (Å²) in [7, 11) is 0. The molecule has 0 spiro atoms. The van der Waals surface area contributed by atoms with Crippen molar-refractivity contribution in [2.45, 2.75) is 16.8 Å². The van der Waals surface area contributed by atoms with E-state index in [1.807, 2.05) is 97.1 Å². The van der Waals surface area contributed by atoms with Crippen LogP contribution >= 0.6 is 35.0 Å². The van der Waals surface area contributed by atoms with Gasteiger partial charge in [-0.1, -0.05) is 120 Å². The fourth-order valence-corrected chi connectivity index (χ4v) is 6.84. The van der Waals surface area contributed by atoms with Crippen LogP contribution in [0.5, 0.6) is 5.75 Å². The molecule has 6 aromatic carbocycles. The van der Waals surface area contributed by atoms with Crippen LogP contribution in [0.3, 0.4) is 0 Å². The molecule has 10 heteroatoms. The van der Waals surface area contributed by atoms with Gasteiger partial charge in [0.25, 0.3) is 11.8 Å². The lowest BCUT2D eigenvalue weighted by Gasteiger charge is -2.18. The maximum Gasteiger partial charge on any atom is 0.272 e. The van der Waals surface area contributed by atoms with Gasteiger partial charge in [0.05, 0.1) is 0 Å². The molecule has 3 N–H and O–H groups in total. The fourth-order valence-electron chi connectivity index (χ4n) is 5.23. The summed E-state index contributed by atoms with van der Waals surface area (Å²) in [6, 6.07) is 47.1. The third kappa shape index (κ3) is 10.9. The van der Waals surface area contributed by atoms with E-state index in [-0.39, 0.29) is 11.6 Å². The Labute approximate surface area is 322 Å². The van der Waals surface area contributed by atoms with Crippen LogP contribution in [0.2, 0.25) is 10.0 Å². The Hall–Kier alpha value is -5.80. The normalized spacial score (nSPS) is 11.6. The number of halogens is 2. The molecular weight excluding hydrogens is 725 g/mol. The highest BCUT2D eigenvalue weighted by molar-refractivity contribution is 8.00. The largest absolute Gasteiger partial charge is 0.489 e. The van der Waals surface area contributed by atoms with Crippen LogP contribution in [0.25, 0.3) is 6.08 Å². The summed E-state index contributed by atoms with van der Waals surface area (Å²) in [5.41, 5.74) is 3.89. The van der Waals surface area contributed by atoms with Crippen LogP contribution in [-0.4, -0.2) is 17.7 Å². The molecule has 0 heterocycles. The molecular formula is C43H33Cl2N3O4S. The number of hydrogen-bond acceptors (Lipinski definition) is 5. The van der Waals surface area contributed by atoms with Crippen molar-refractivity contribution < 1.29 is 19.1 Å². The molecule has 0 radical (unpaired) electrons. The number of amides is 3. The molecule has 0 saturated heterocycles. The van der Waals surface area contributed by atoms with E-state index in [1.54, 1.807) is 66.7 Å². The van der Waals surface area contributed by atoms with Crippen molar-refractivity contribution in [2.75, 3.05) is 10.6 Å². The third-order valence-electron chi connectivity index (χ3n) is 7.78. The topological polar surface area (TPSA) is 96.5 Å². The standard InChI is InChI=1S/C43H33Cl2N3O4S/c44-33-24-34(45)26-36(25-33)47-43(51)40(31-13-6-2-7-14-31)53-38-18-10-17-35(27-38)46-42(50)39(48-41(49)32-15-8-3-9-16-32)23-29-19-21-37(22-20-29)52-28-30-11-4-1-5-12-30/h1-27,40H,28H2,(H,46,50)(H,47,51)(H,48,49)/b39-23+. The molecule has 0 fully saturated rings. The van der Waals surface area contributed by atoms with E-state index in [0.717, 1.165) is 16.0 Å². The van der Waals surface area contributed by atoms with Gasteiger partial charge in [-0.3, -0.25) is 14.4 Å². The van der Waals surface area contributed by atoms with Gasteiger partial charge >= 0.3 is 0 Å². The van der Waals surface area contributed by atoms with Gasteiger partial charge in [-0.2, -0.15) is 0 Å². The molecule has 0 aliphatic heterocycles. The number of thioether (sulfide) groups is 1. The number of carbonyl (C=O) groups is 3. The molecule has 0 aliphatic carbocycles. The van der Waals surface area contributed by atoms with E-state index in [4.69, 9.17) is 27.9 Å². The number of ether oxygens (including phenoxy) is 1. The van der Waals surface area contributed by atoms with Crippen LogP contribution in [0.15, 0.2) is 168 Å². The van der Waals surface area contributed by atoms with Crippen LogP contribution < -0.4 is 20.7 Å². The Balaban J connectivity index is 1.21. The third-order valence-corrected chi connectivity index (χ3v) is 9.47. The van der Waals surface area contributed by atoms with E-state index >= 15 is 0 Å². The number of nitrogens with one attached hydrogen (secondary N) is 3. The lowest BCUT2D eigenvalue weighted by atomic mass is 10.1. The van der Waals surface area contributed by atoms with Gasteiger partial charge in [0, 0.05) is 31.9 Å². The summed E-state index contributed by atoms with van der Waals surface area (Å²) in [4.78, 5) is 41.4. The van der Waals surface area contributed by atoms with Crippen molar-refractivity contribution in [1.29, 1.82) is 0 Å². The zero-order chi connectivity index (χ0) is 37.0. The zero-order valence-electron chi connectivity index (χ0n) is 28.2. The van der Waals surface area contributed by atoms with Crippen LogP contribution in [0.4, 0.5) is 11.4 Å². The minimum absolute atomic E-state index is 0.0385. The first-order valence-electron chi connectivity index (χ1n) is 16.5. The van der Waals surface area contributed by atoms with Crippen molar-refractivity contribution in [2.24, 2.45) is 0 Å². The van der Waals surface area contributed by atoms with E-state index in [0.29, 0.717) is 44.9 Å². The highest BCUT2D eigenvalue weighted by Gasteiger charge is 2.23. The Bertz CT molecular complexity index is 2200. The quantitative estimate of drug-likeness (QED) is 0.0805. The molecule has 0 saturated carbocycles. The van der Waals surface area contributed by atoms with Crippen molar-refractivity contribution in [3.05, 3.63) is 196 Å². The van der Waals surface area contributed by atoms with E-state index in [2.05, 4.69) is 16.0 Å². The highest BCUT2D eigenvalue weighted by Crippen LogP contribution is 2.37. The second-order valence-corrected chi connectivity index (χ2v) is 13.8. The smallest absolute Gasteiger partial charge is 0.272 e. The Kier molecular flexibility index (Phi) is 12.6. The molecule has 0 aliphatic rings. The average Bonchev–Trinajstić information content (AvgIpc) is 3.17. The number of hydrogen-bond donors (Lipinski definition) is 3. The Morgan fingerprint density at radius 2 is 1.30 bits per heavy atom. The number of benzene rings is 6. The maximum absolute atomic E-state index is 13.8. The SMILES string of the molecule is O=C(Nc1cccc(SC(C(=O)Nc2cc(Cl)cc(Cl)c2)c2ccccc2)c1)/C(=C\c1ccc(OCc2ccccc2)cc1)NC(=O)c1ccccc1. The van der Waals surface area contributed by atoms with Crippen LogP contribution in [-0.2, 0) is 16.2 Å². The minimum atomic E-state index is -0.653. The van der Waals surface area contributed by atoms with Gasteiger partial charge < -0.3 is 20.7 Å². The Morgan fingerprint density at radius 3 is 1.98 bits per heavy atom. The molecule has 0 bridgehead atoms. The molecule has 6 rings (SSSR count). The van der Waals surface area contributed by atoms with Crippen LogP contribution in [0, 0.1) is 0 Å². The summed E-state index contributed by atoms with van der Waals surface area (Å²) in [6.45, 7) is 0.418. The van der Waals surface area contributed by atoms with Gasteiger partial charge in [0.15, 0.2) is 0 Å². The first-order valence-corrected chi connectivity index (χ1v) is 18.2. The van der Waals surface area contributed by atoms with Gasteiger partial charge in [-0.15, -0.1) is 11.8 Å². The molecule has 6 aromatic rings. The molecule has 1 atom stereocenters. The van der Waals surface area contributed by atoms with Crippen molar-refractivity contribution in [3.8, 4) is 5.75 Å². The lowest BCUT2D eigenvalue weighted by Crippen LogP contribution is -2.30. The van der Waals surface area contributed by atoms with Crippen molar-refractivity contribution >= 4 is 70.1 Å². The van der Waals surface area contributed by atoms with E-state index in [1.165, 1.54) is 11.8 Å². The van der Waals surface area contributed by atoms with Crippen molar-refractivity contribution in [1.82, 2.24) is 5.32 Å². The monoisotopic (exact) mass is 757 g/mol. The second kappa shape index (κ2) is 18.1. The minimum Gasteiger partial charge on any atom is -0.489 e. The predicted molar refractivity (Wildman–Crippen MR) is 214 cm³/mol. The van der Waals surface area contributed by atoms with Gasteiger partial charge in [-0.25, -0.2) is 0 Å². The molecule has 53 heavy (non-hydrogen) atoms. The Morgan fingerprint density at radius 1 is 0.660 bits per heavy atom. The fraction of sp³-hybridized carbons (Fsp3) is 0.0465. The van der Waals surface area contributed by atoms with Gasteiger partial charge in [0.1, 0.15) is 23.3 Å². The maximum atomic E-state index is 13.8. The summed E-state index contributed by atoms with van der Waals surface area (Å²) >= 11 is 13.7. The van der Waals surface area contributed by atoms with Crippen LogP contribution in [0.1, 0.15) is 32.3 Å². The number of carbonyl (C=O) groups excluding carboxylic acids is 3. The average molecular weight is 759 g/mol. The van der Waals surface area contributed by atoms with Gasteiger partial charge in [-0.05, 0) is 83.4 Å². The molecule has 0 aromatic heterocycles. The summed E-state index contributed by atoms with van der Waals surface area (Å²) in [5, 5.41) is 8.77. The van der Waals surface area contributed by atoms with E-state index in [9.17, 15) is 14.4 Å². The summed E-state index contributed by atoms with van der Waals surface area (Å²) in [6.07, 6.45) is 1.60. The molecule has 3 amide bonds. The summed E-state index contributed by atoms with van der Waals surface area (Å²) in [5.74, 6) is -0.578. The predicted octanol–water partition coefficient (Wildman–Crippen LogP) is 10.5. The van der Waals surface area contributed by atoms with Crippen molar-refractivity contribution in [3.63, 3.8) is 0 Å². The molecule has 7 nitrogen and oxygen atoms in total. The van der Waals surface area contributed by atoms with Gasteiger partial charge in [0.2, 0.25) is 5.91 Å². The zero-order valence-corrected chi connectivity index (χ0v) is 30.5.